The van der Waals surface area contributed by atoms with Gasteiger partial charge in [0.2, 0.25) is 5.91 Å². The van der Waals surface area contributed by atoms with Crippen LogP contribution in [0.4, 0.5) is 0 Å². The zero-order valence-corrected chi connectivity index (χ0v) is 13.1. The van der Waals surface area contributed by atoms with Gasteiger partial charge in [-0.15, -0.1) is 0 Å². The van der Waals surface area contributed by atoms with Crippen molar-refractivity contribution in [3.63, 3.8) is 0 Å². The van der Waals surface area contributed by atoms with Gasteiger partial charge in [0.15, 0.2) is 0 Å². The number of hydrogen-bond acceptors (Lipinski definition) is 3. The van der Waals surface area contributed by atoms with Crippen LogP contribution in [-0.4, -0.2) is 24.2 Å². The second kappa shape index (κ2) is 4.34. The number of carbonyl (C=O) groups is 1. The lowest BCUT2D eigenvalue weighted by atomic mass is 9.77. The summed E-state index contributed by atoms with van der Waals surface area (Å²) in [5.41, 5.74) is 6.27. The lowest BCUT2D eigenvalue weighted by molar-refractivity contribution is -0.120. The minimum absolute atomic E-state index is 0.242. The van der Waals surface area contributed by atoms with E-state index in [9.17, 15) is 4.79 Å². The van der Waals surface area contributed by atoms with Crippen LogP contribution in [0.2, 0.25) is 0 Å². The first-order valence-corrected chi connectivity index (χ1v) is 7.44. The molecule has 2 N–H and O–H groups in total. The Labute approximate surface area is 126 Å². The number of carbonyl (C=O) groups excluding carboxylic acids is 1. The third kappa shape index (κ3) is 2.19. The van der Waals surface area contributed by atoms with Crippen LogP contribution in [0.5, 0.6) is 0 Å². The van der Waals surface area contributed by atoms with Gasteiger partial charge in [-0.3, -0.25) is 4.79 Å². The molecule has 0 atom stereocenters. The maximum atomic E-state index is 11.7. The molecule has 2 aliphatic rings. The van der Waals surface area contributed by atoms with Crippen LogP contribution in [0.1, 0.15) is 46.1 Å². The second-order valence-corrected chi connectivity index (χ2v) is 7.16. The highest BCUT2D eigenvalue weighted by Gasteiger charge is 2.53. The largest absolute Gasteiger partial charge is 0.494 e. The topological polar surface area (TPSA) is 61.5 Å². The number of nitrogens with two attached hydrogens (primary N) is 1. The van der Waals surface area contributed by atoms with Crippen molar-refractivity contribution in [3.05, 3.63) is 29.8 Å². The molecule has 1 amide bonds. The number of amides is 1. The Morgan fingerprint density at radius 3 is 2.19 bits per heavy atom. The molecule has 0 unspecified atom stereocenters. The highest BCUT2D eigenvalue weighted by Crippen LogP contribution is 2.47. The van der Waals surface area contributed by atoms with Crippen molar-refractivity contribution >= 4 is 18.5 Å². The minimum atomic E-state index is -0.473. The standard InChI is InChI=1S/C16H22BNO3/c1-14(2)15(3,4)21-17(20-14)12-7-5-6-11(10-12)16(8-9-16)13(18)19/h5-7,10H,8-9H2,1-4H3,(H2,18,19). The number of hydrogen-bond donors (Lipinski definition) is 1. The lowest BCUT2D eigenvalue weighted by Gasteiger charge is -2.32. The Hall–Kier alpha value is -1.33. The van der Waals surface area contributed by atoms with Crippen molar-refractivity contribution in [2.24, 2.45) is 5.73 Å². The summed E-state index contributed by atoms with van der Waals surface area (Å²) >= 11 is 0. The molecule has 3 rings (SSSR count). The summed E-state index contributed by atoms with van der Waals surface area (Å²) in [7, 11) is -0.404. The van der Waals surface area contributed by atoms with Crippen molar-refractivity contribution in [1.29, 1.82) is 0 Å². The first-order chi connectivity index (χ1) is 9.68. The van der Waals surface area contributed by atoms with Gasteiger partial charge in [-0.2, -0.15) is 0 Å². The highest BCUT2D eigenvalue weighted by molar-refractivity contribution is 6.62. The zero-order valence-electron chi connectivity index (χ0n) is 13.1. The maximum Gasteiger partial charge on any atom is 0.494 e. The molecule has 1 aromatic rings. The molecule has 2 fully saturated rings. The first-order valence-electron chi connectivity index (χ1n) is 7.44. The second-order valence-electron chi connectivity index (χ2n) is 7.16. The number of benzene rings is 1. The van der Waals surface area contributed by atoms with Crippen LogP contribution < -0.4 is 11.2 Å². The van der Waals surface area contributed by atoms with E-state index >= 15 is 0 Å². The van der Waals surface area contributed by atoms with Crippen LogP contribution in [0.3, 0.4) is 0 Å². The summed E-state index contributed by atoms with van der Waals surface area (Å²) in [5.74, 6) is -0.242. The van der Waals surface area contributed by atoms with Gasteiger partial charge in [0.05, 0.1) is 16.6 Å². The summed E-state index contributed by atoms with van der Waals surface area (Å²) in [6.45, 7) is 8.12. The summed E-state index contributed by atoms with van der Waals surface area (Å²) in [6.07, 6.45) is 1.66. The number of rotatable bonds is 3. The Bertz CT molecular complexity index is 577. The van der Waals surface area contributed by atoms with Gasteiger partial charge in [0.25, 0.3) is 0 Å². The van der Waals surface area contributed by atoms with E-state index in [1.807, 2.05) is 52.0 Å². The predicted molar refractivity (Wildman–Crippen MR) is 82.3 cm³/mol. The molecule has 0 aromatic heterocycles. The van der Waals surface area contributed by atoms with E-state index in [1.165, 1.54) is 0 Å². The average molecular weight is 287 g/mol. The fraction of sp³-hybridized carbons (Fsp3) is 0.562. The molecule has 0 radical (unpaired) electrons. The number of primary amides is 1. The van der Waals surface area contributed by atoms with E-state index in [-0.39, 0.29) is 17.1 Å². The Morgan fingerprint density at radius 2 is 1.71 bits per heavy atom. The smallest absolute Gasteiger partial charge is 0.399 e. The molecule has 112 valence electrons. The molecular formula is C16H22BNO3. The van der Waals surface area contributed by atoms with Crippen LogP contribution in [-0.2, 0) is 19.5 Å². The molecule has 1 aliphatic carbocycles. The monoisotopic (exact) mass is 287 g/mol. The van der Waals surface area contributed by atoms with Crippen LogP contribution in [0, 0.1) is 0 Å². The summed E-state index contributed by atoms with van der Waals surface area (Å²) < 4.78 is 12.1. The van der Waals surface area contributed by atoms with Gasteiger partial charge < -0.3 is 15.0 Å². The fourth-order valence-electron chi connectivity index (χ4n) is 2.76. The van der Waals surface area contributed by atoms with E-state index in [0.717, 1.165) is 23.9 Å². The van der Waals surface area contributed by atoms with Crippen LogP contribution in [0.25, 0.3) is 0 Å². The van der Waals surface area contributed by atoms with Gasteiger partial charge in [0.1, 0.15) is 0 Å². The Balaban J connectivity index is 1.91. The molecule has 1 aliphatic heterocycles. The Morgan fingerprint density at radius 1 is 1.14 bits per heavy atom. The van der Waals surface area contributed by atoms with Crippen molar-refractivity contribution in [2.75, 3.05) is 0 Å². The van der Waals surface area contributed by atoms with E-state index in [1.54, 1.807) is 0 Å². The fourth-order valence-corrected chi connectivity index (χ4v) is 2.76. The maximum absolute atomic E-state index is 11.7. The summed E-state index contributed by atoms with van der Waals surface area (Å²) in [5, 5.41) is 0. The summed E-state index contributed by atoms with van der Waals surface area (Å²) in [6, 6.07) is 7.88. The van der Waals surface area contributed by atoms with E-state index in [2.05, 4.69) is 0 Å². The minimum Gasteiger partial charge on any atom is -0.399 e. The first kappa shape index (κ1) is 14.6. The van der Waals surface area contributed by atoms with Crippen molar-refractivity contribution in [1.82, 2.24) is 0 Å². The molecule has 5 heteroatoms. The molecule has 0 bridgehead atoms. The summed E-state index contributed by atoms with van der Waals surface area (Å²) in [4.78, 5) is 11.7. The zero-order chi connectivity index (χ0) is 15.5. The Kier molecular flexibility index (Phi) is 3.02. The molecule has 0 spiro atoms. The quantitative estimate of drug-likeness (QED) is 0.857. The van der Waals surface area contributed by atoms with Crippen molar-refractivity contribution in [3.8, 4) is 0 Å². The average Bonchev–Trinajstić information content (AvgIpc) is 3.15. The normalized spacial score (nSPS) is 24.9. The van der Waals surface area contributed by atoms with E-state index < -0.39 is 12.5 Å². The van der Waals surface area contributed by atoms with Gasteiger partial charge in [-0.05, 0) is 51.6 Å². The van der Waals surface area contributed by atoms with Crippen LogP contribution >= 0.6 is 0 Å². The van der Waals surface area contributed by atoms with Gasteiger partial charge in [-0.25, -0.2) is 0 Å². The highest BCUT2D eigenvalue weighted by atomic mass is 16.7. The third-order valence-electron chi connectivity index (χ3n) is 5.19. The molecule has 1 saturated carbocycles. The molecule has 4 nitrogen and oxygen atoms in total. The van der Waals surface area contributed by atoms with Crippen molar-refractivity contribution in [2.45, 2.75) is 57.2 Å². The van der Waals surface area contributed by atoms with Crippen molar-refractivity contribution < 1.29 is 14.1 Å². The van der Waals surface area contributed by atoms with E-state index in [0.29, 0.717) is 0 Å². The SMILES string of the molecule is CC1(C)OB(c2cccc(C3(C(N)=O)CC3)c2)OC1(C)C. The molecule has 21 heavy (non-hydrogen) atoms. The molecule has 1 aromatic carbocycles. The van der Waals surface area contributed by atoms with E-state index in [4.69, 9.17) is 15.0 Å². The van der Waals surface area contributed by atoms with Gasteiger partial charge in [0, 0.05) is 0 Å². The molecule has 1 heterocycles. The molecule has 1 saturated heterocycles. The third-order valence-corrected chi connectivity index (χ3v) is 5.19. The van der Waals surface area contributed by atoms with Crippen LogP contribution in [0.15, 0.2) is 24.3 Å². The van der Waals surface area contributed by atoms with Gasteiger partial charge >= 0.3 is 7.12 Å². The molecular weight excluding hydrogens is 265 g/mol. The van der Waals surface area contributed by atoms with Gasteiger partial charge in [-0.1, -0.05) is 24.3 Å². The lowest BCUT2D eigenvalue weighted by Crippen LogP contribution is -2.41. The predicted octanol–water partition coefficient (Wildman–Crippen LogP) is 1.50.